The van der Waals surface area contributed by atoms with Crippen molar-refractivity contribution in [1.82, 2.24) is 0 Å². The number of hydrogen-bond acceptors (Lipinski definition) is 2. The topological polar surface area (TPSA) is 46.2 Å². The summed E-state index contributed by atoms with van der Waals surface area (Å²) < 4.78 is 0.837. The average Bonchev–Trinajstić information content (AvgIpc) is 2.01. The molecule has 0 radical (unpaired) electrons. The minimum absolute atomic E-state index is 0.227. The van der Waals surface area contributed by atoms with E-state index >= 15 is 0 Å². The van der Waals surface area contributed by atoms with Crippen LogP contribution in [0.2, 0.25) is 5.02 Å². The number of phenols is 1. The van der Waals surface area contributed by atoms with Crippen molar-refractivity contribution < 1.29 is 5.11 Å². The molecule has 1 aromatic carbocycles. The molecule has 0 amide bonds. The highest BCUT2D eigenvalue weighted by Gasteiger charge is 2.14. The molecule has 0 aliphatic rings. The number of nitrogens with two attached hydrogens (primary N) is 1. The van der Waals surface area contributed by atoms with Gasteiger partial charge in [-0.3, -0.25) is 0 Å². The average molecular weight is 279 g/mol. The molecular formula is C10H13BrClNO. The predicted octanol–water partition coefficient (Wildman–Crippen LogP) is 3.26. The molecule has 0 aliphatic heterocycles. The third kappa shape index (κ3) is 2.62. The number of hydrogen-bond donors (Lipinski definition) is 2. The van der Waals surface area contributed by atoms with Gasteiger partial charge in [-0.2, -0.15) is 0 Å². The molecular weight excluding hydrogens is 265 g/mol. The summed E-state index contributed by atoms with van der Waals surface area (Å²) in [6.45, 7) is 2.64. The number of benzene rings is 1. The summed E-state index contributed by atoms with van der Waals surface area (Å²) in [4.78, 5) is 0. The molecule has 0 aliphatic carbocycles. The summed E-state index contributed by atoms with van der Waals surface area (Å²) in [5.74, 6) is 0.456. The smallest absolute Gasteiger partial charge is 0.121 e. The van der Waals surface area contributed by atoms with Crippen LogP contribution < -0.4 is 5.73 Å². The van der Waals surface area contributed by atoms with Crippen LogP contribution in [0.15, 0.2) is 16.6 Å². The van der Waals surface area contributed by atoms with Gasteiger partial charge in [0.2, 0.25) is 0 Å². The van der Waals surface area contributed by atoms with Crippen LogP contribution in [0.5, 0.6) is 5.75 Å². The first-order valence-electron chi connectivity index (χ1n) is 4.44. The molecule has 1 rings (SSSR count). The van der Waals surface area contributed by atoms with E-state index in [4.69, 9.17) is 17.3 Å². The fraction of sp³-hybridized carbons (Fsp3) is 0.400. The zero-order valence-electron chi connectivity index (χ0n) is 7.93. The first-order valence-corrected chi connectivity index (χ1v) is 5.61. The summed E-state index contributed by atoms with van der Waals surface area (Å²) in [6, 6.07) is 3.33. The maximum absolute atomic E-state index is 9.71. The fourth-order valence-corrected chi connectivity index (χ4v) is 2.64. The highest BCUT2D eigenvalue weighted by molar-refractivity contribution is 9.10. The Morgan fingerprint density at radius 3 is 2.71 bits per heavy atom. The van der Waals surface area contributed by atoms with Crippen LogP contribution in [-0.2, 0) is 0 Å². The minimum atomic E-state index is 0.227. The van der Waals surface area contributed by atoms with Crippen molar-refractivity contribution >= 4 is 27.5 Å². The van der Waals surface area contributed by atoms with Gasteiger partial charge >= 0.3 is 0 Å². The van der Waals surface area contributed by atoms with Crippen LogP contribution in [0.25, 0.3) is 0 Å². The summed E-state index contributed by atoms with van der Waals surface area (Å²) in [6.07, 6.45) is 0.841. The van der Waals surface area contributed by atoms with E-state index < -0.39 is 0 Å². The first kappa shape index (κ1) is 11.8. The van der Waals surface area contributed by atoms with Crippen molar-refractivity contribution in [1.29, 1.82) is 0 Å². The van der Waals surface area contributed by atoms with Crippen LogP contribution in [0.4, 0.5) is 0 Å². The number of aromatic hydroxyl groups is 1. The van der Waals surface area contributed by atoms with Crippen LogP contribution in [0, 0.1) is 0 Å². The maximum atomic E-state index is 9.71. The van der Waals surface area contributed by atoms with E-state index in [9.17, 15) is 5.11 Å². The summed E-state index contributed by atoms with van der Waals surface area (Å²) in [5.41, 5.74) is 6.35. The Labute approximate surface area is 97.2 Å². The van der Waals surface area contributed by atoms with E-state index in [1.54, 1.807) is 12.1 Å². The predicted molar refractivity (Wildman–Crippen MR) is 62.9 cm³/mol. The number of phenolic OH excluding ortho intramolecular Hbond substituents is 1. The van der Waals surface area contributed by atoms with Crippen molar-refractivity contribution in [2.75, 3.05) is 6.54 Å². The third-order valence-corrected chi connectivity index (χ3v) is 3.04. The molecule has 3 N–H and O–H groups in total. The molecule has 1 atom stereocenters. The Morgan fingerprint density at radius 1 is 1.57 bits per heavy atom. The monoisotopic (exact) mass is 277 g/mol. The highest BCUT2D eigenvalue weighted by atomic mass is 79.9. The van der Waals surface area contributed by atoms with E-state index in [1.807, 2.05) is 6.92 Å². The Balaban J connectivity index is 3.07. The fourth-order valence-electron chi connectivity index (χ4n) is 1.45. The Bertz CT molecular complexity index is 307. The second-order valence-electron chi connectivity index (χ2n) is 3.30. The van der Waals surface area contributed by atoms with E-state index in [2.05, 4.69) is 15.9 Å². The van der Waals surface area contributed by atoms with Gasteiger partial charge in [-0.25, -0.2) is 0 Å². The van der Waals surface area contributed by atoms with Crippen LogP contribution in [0.3, 0.4) is 0 Å². The lowest BCUT2D eigenvalue weighted by Gasteiger charge is -2.14. The molecule has 0 heterocycles. The Morgan fingerprint density at radius 2 is 2.21 bits per heavy atom. The summed E-state index contributed by atoms with van der Waals surface area (Å²) >= 11 is 9.17. The highest BCUT2D eigenvalue weighted by Crippen LogP contribution is 2.36. The molecule has 4 heteroatoms. The van der Waals surface area contributed by atoms with Crippen molar-refractivity contribution in [3.63, 3.8) is 0 Å². The molecule has 14 heavy (non-hydrogen) atoms. The maximum Gasteiger partial charge on any atom is 0.121 e. The van der Waals surface area contributed by atoms with Crippen LogP contribution in [-0.4, -0.2) is 11.7 Å². The molecule has 0 saturated heterocycles. The van der Waals surface area contributed by atoms with Gasteiger partial charge in [-0.15, -0.1) is 0 Å². The van der Waals surface area contributed by atoms with E-state index in [-0.39, 0.29) is 11.7 Å². The van der Waals surface area contributed by atoms with Gasteiger partial charge < -0.3 is 10.8 Å². The van der Waals surface area contributed by atoms with Gasteiger partial charge in [-0.05, 0) is 31.0 Å². The molecule has 2 nitrogen and oxygen atoms in total. The number of halogens is 2. The second-order valence-corrected chi connectivity index (χ2v) is 4.59. The summed E-state index contributed by atoms with van der Waals surface area (Å²) in [7, 11) is 0. The van der Waals surface area contributed by atoms with Gasteiger partial charge in [0.1, 0.15) is 5.75 Å². The first-order chi connectivity index (χ1) is 6.56. The molecule has 1 unspecified atom stereocenters. The standard InChI is InChI=1S/C10H13BrClNO/c1-6(2-3-13)10-8(11)4-7(12)5-9(10)14/h4-6,14H,2-3,13H2,1H3. The van der Waals surface area contributed by atoms with Gasteiger partial charge in [0.05, 0.1) is 0 Å². The lowest BCUT2D eigenvalue weighted by molar-refractivity contribution is 0.460. The Hall–Kier alpha value is -0.250. The van der Waals surface area contributed by atoms with E-state index in [0.29, 0.717) is 11.6 Å². The zero-order chi connectivity index (χ0) is 10.7. The molecule has 0 saturated carbocycles. The molecule has 0 spiro atoms. The second kappa shape index (κ2) is 5.01. The lowest BCUT2D eigenvalue weighted by atomic mass is 9.97. The van der Waals surface area contributed by atoms with Crippen molar-refractivity contribution in [2.45, 2.75) is 19.3 Å². The van der Waals surface area contributed by atoms with Crippen molar-refractivity contribution in [3.8, 4) is 5.75 Å². The van der Waals surface area contributed by atoms with E-state index in [0.717, 1.165) is 16.5 Å². The number of rotatable bonds is 3. The Kier molecular flexibility index (Phi) is 4.23. The third-order valence-electron chi connectivity index (χ3n) is 2.16. The van der Waals surface area contributed by atoms with Crippen molar-refractivity contribution in [3.05, 3.63) is 27.2 Å². The minimum Gasteiger partial charge on any atom is -0.508 e. The SMILES string of the molecule is CC(CCN)c1c(O)cc(Cl)cc1Br. The van der Waals surface area contributed by atoms with E-state index in [1.165, 1.54) is 0 Å². The molecule has 0 bridgehead atoms. The van der Waals surface area contributed by atoms with Gasteiger partial charge in [-0.1, -0.05) is 34.5 Å². The van der Waals surface area contributed by atoms with Gasteiger partial charge in [0, 0.05) is 15.1 Å². The molecule has 0 aromatic heterocycles. The molecule has 78 valence electrons. The largest absolute Gasteiger partial charge is 0.508 e. The van der Waals surface area contributed by atoms with Gasteiger partial charge in [0.15, 0.2) is 0 Å². The quantitative estimate of drug-likeness (QED) is 0.891. The molecule has 0 fully saturated rings. The lowest BCUT2D eigenvalue weighted by Crippen LogP contribution is -2.05. The van der Waals surface area contributed by atoms with Crippen molar-refractivity contribution in [2.24, 2.45) is 5.73 Å². The zero-order valence-corrected chi connectivity index (χ0v) is 10.3. The molecule has 1 aromatic rings. The van der Waals surface area contributed by atoms with Crippen LogP contribution >= 0.6 is 27.5 Å². The summed E-state index contributed by atoms with van der Waals surface area (Å²) in [5, 5.41) is 10.2. The normalized spacial score (nSPS) is 12.9. The van der Waals surface area contributed by atoms with Crippen LogP contribution in [0.1, 0.15) is 24.8 Å². The van der Waals surface area contributed by atoms with Gasteiger partial charge in [0.25, 0.3) is 0 Å².